The average molecular weight is 543 g/mol. The lowest BCUT2D eigenvalue weighted by Gasteiger charge is -2.03. The molecule has 2 aromatic heterocycles. The molecule has 0 saturated carbocycles. The second-order valence-electron chi connectivity index (χ2n) is 10.4. The van der Waals surface area contributed by atoms with Gasteiger partial charge in [0.2, 0.25) is 0 Å². The minimum Gasteiger partial charge on any atom is -0.481 e. The van der Waals surface area contributed by atoms with E-state index in [0.29, 0.717) is 24.1 Å². The van der Waals surface area contributed by atoms with Crippen LogP contribution < -0.4 is 16.0 Å². The highest BCUT2D eigenvalue weighted by Crippen LogP contribution is 2.28. The molecule has 0 fully saturated rings. The van der Waals surface area contributed by atoms with Crippen LogP contribution in [0, 0.1) is 13.8 Å². The van der Waals surface area contributed by atoms with Gasteiger partial charge in [0.15, 0.2) is 0 Å². The molecule has 2 aromatic rings. The SMILES string of the molecule is CCC1=C(C)C(=O)N=C1/C=c1\[nH]/c(=C/c2[nH]c(/C=C3\NC(=O)C(C)=C3CC)c(C)c2CC)c(CCC(=O)O)c1C. The smallest absolute Gasteiger partial charge is 0.303 e. The Balaban J connectivity index is 1.88. The maximum absolute atomic E-state index is 12.3. The van der Waals surface area contributed by atoms with Gasteiger partial charge >= 0.3 is 5.97 Å². The van der Waals surface area contributed by atoms with E-state index < -0.39 is 5.97 Å². The first-order valence-corrected chi connectivity index (χ1v) is 13.9. The number of aliphatic carboxylic acids is 1. The number of rotatable bonds is 9. The van der Waals surface area contributed by atoms with Crippen molar-refractivity contribution in [1.82, 2.24) is 15.3 Å². The summed E-state index contributed by atoms with van der Waals surface area (Å²) in [4.78, 5) is 47.3. The Morgan fingerprint density at radius 3 is 2.12 bits per heavy atom. The van der Waals surface area contributed by atoms with Crippen molar-refractivity contribution in [2.45, 2.75) is 80.6 Å². The highest BCUT2D eigenvalue weighted by molar-refractivity contribution is 6.30. The van der Waals surface area contributed by atoms with Crippen molar-refractivity contribution >= 4 is 41.7 Å². The zero-order valence-electron chi connectivity index (χ0n) is 24.4. The number of nitrogens with one attached hydrogen (secondary N) is 3. The molecule has 2 aliphatic rings. The average Bonchev–Trinajstić information content (AvgIpc) is 3.55. The second kappa shape index (κ2) is 11.5. The van der Waals surface area contributed by atoms with Gasteiger partial charge in [0.05, 0.1) is 5.71 Å². The summed E-state index contributed by atoms with van der Waals surface area (Å²) >= 11 is 0. The van der Waals surface area contributed by atoms with E-state index in [-0.39, 0.29) is 18.2 Å². The normalized spacial score (nSPS) is 17.7. The van der Waals surface area contributed by atoms with E-state index in [1.807, 2.05) is 45.9 Å². The van der Waals surface area contributed by atoms with Crippen LogP contribution in [0.15, 0.2) is 33.0 Å². The van der Waals surface area contributed by atoms with Crippen molar-refractivity contribution in [3.8, 4) is 0 Å². The van der Waals surface area contributed by atoms with E-state index >= 15 is 0 Å². The molecule has 40 heavy (non-hydrogen) atoms. The van der Waals surface area contributed by atoms with Gasteiger partial charge in [-0.1, -0.05) is 20.8 Å². The standard InChI is InChI=1S/C32H38N4O4/c1-8-20-16(4)24(13-27-21(9-2)18(6)31(39)35-27)33-26(20)15-29-23(11-12-30(37)38)17(5)25(34-29)14-28-22(10-3)19(7)32(40)36-28/h13-15,33-34H,8-12H2,1-7H3,(H,35,39)(H,37,38)/b25-14-,27-13-,29-15+. The molecule has 2 amide bonds. The van der Waals surface area contributed by atoms with E-state index in [4.69, 9.17) is 0 Å². The molecule has 0 atom stereocenters. The first-order chi connectivity index (χ1) is 19.0. The summed E-state index contributed by atoms with van der Waals surface area (Å²) in [7, 11) is 0. The Morgan fingerprint density at radius 2 is 1.50 bits per heavy atom. The molecule has 4 heterocycles. The first kappa shape index (κ1) is 28.8. The molecule has 0 aliphatic carbocycles. The third-order valence-electron chi connectivity index (χ3n) is 8.08. The highest BCUT2D eigenvalue weighted by Gasteiger charge is 2.24. The third kappa shape index (κ3) is 5.30. The summed E-state index contributed by atoms with van der Waals surface area (Å²) in [5, 5.41) is 14.0. The van der Waals surface area contributed by atoms with E-state index in [2.05, 4.69) is 34.1 Å². The summed E-state index contributed by atoms with van der Waals surface area (Å²) in [5.74, 6) is -1.13. The van der Waals surface area contributed by atoms with Crippen LogP contribution in [0.25, 0.3) is 18.2 Å². The van der Waals surface area contributed by atoms with E-state index in [0.717, 1.165) is 79.6 Å². The molecular formula is C32H38N4O4. The summed E-state index contributed by atoms with van der Waals surface area (Å²) in [6, 6.07) is 0. The van der Waals surface area contributed by atoms with Crippen molar-refractivity contribution in [2.24, 2.45) is 4.99 Å². The van der Waals surface area contributed by atoms with Crippen molar-refractivity contribution in [3.63, 3.8) is 0 Å². The zero-order chi connectivity index (χ0) is 29.3. The molecule has 210 valence electrons. The lowest BCUT2D eigenvalue weighted by atomic mass is 10.0. The quantitative estimate of drug-likeness (QED) is 0.381. The Kier molecular flexibility index (Phi) is 8.28. The fraction of sp³-hybridized carbons (Fsp3) is 0.375. The third-order valence-corrected chi connectivity index (χ3v) is 8.08. The zero-order valence-corrected chi connectivity index (χ0v) is 24.4. The van der Waals surface area contributed by atoms with Crippen LogP contribution in [0.2, 0.25) is 0 Å². The van der Waals surface area contributed by atoms with Gasteiger partial charge in [0.1, 0.15) is 0 Å². The molecule has 0 saturated heterocycles. The topological polar surface area (TPSA) is 127 Å². The van der Waals surface area contributed by atoms with Gasteiger partial charge in [0.25, 0.3) is 11.8 Å². The molecule has 0 radical (unpaired) electrons. The molecular weight excluding hydrogens is 504 g/mol. The van der Waals surface area contributed by atoms with Crippen LogP contribution in [-0.4, -0.2) is 38.6 Å². The number of aromatic amines is 2. The predicted molar refractivity (Wildman–Crippen MR) is 158 cm³/mol. The lowest BCUT2D eigenvalue weighted by molar-refractivity contribution is -0.137. The number of hydrogen-bond acceptors (Lipinski definition) is 3. The predicted octanol–water partition coefficient (Wildman–Crippen LogP) is 4.05. The van der Waals surface area contributed by atoms with Crippen LogP contribution >= 0.6 is 0 Å². The second-order valence-corrected chi connectivity index (χ2v) is 10.4. The van der Waals surface area contributed by atoms with Gasteiger partial charge in [-0.25, -0.2) is 4.99 Å². The van der Waals surface area contributed by atoms with E-state index in [1.54, 1.807) is 6.92 Å². The molecule has 8 nitrogen and oxygen atoms in total. The monoisotopic (exact) mass is 542 g/mol. The van der Waals surface area contributed by atoms with Gasteiger partial charge in [-0.15, -0.1) is 0 Å². The molecule has 0 bridgehead atoms. The van der Waals surface area contributed by atoms with Gasteiger partial charge < -0.3 is 20.4 Å². The maximum atomic E-state index is 12.3. The van der Waals surface area contributed by atoms with Crippen LogP contribution in [-0.2, 0) is 27.2 Å². The molecule has 8 heteroatoms. The van der Waals surface area contributed by atoms with Crippen LogP contribution in [0.5, 0.6) is 0 Å². The van der Waals surface area contributed by atoms with Gasteiger partial charge in [-0.2, -0.15) is 0 Å². The van der Waals surface area contributed by atoms with Gasteiger partial charge in [-0.3, -0.25) is 14.4 Å². The summed E-state index contributed by atoms with van der Waals surface area (Å²) in [6.07, 6.45) is 8.56. The number of carboxylic acids is 1. The molecule has 0 unspecified atom stereocenters. The molecule has 0 aromatic carbocycles. The summed E-state index contributed by atoms with van der Waals surface area (Å²) in [5.41, 5.74) is 10.8. The minimum absolute atomic E-state index is 0.00451. The molecule has 2 aliphatic heterocycles. The number of aliphatic imine (C=N–C) groups is 1. The lowest BCUT2D eigenvalue weighted by Crippen LogP contribution is -2.15. The number of carboxylic acid groups (broad SMARTS) is 1. The van der Waals surface area contributed by atoms with Crippen molar-refractivity contribution in [3.05, 3.63) is 72.3 Å². The van der Waals surface area contributed by atoms with E-state index in [9.17, 15) is 19.5 Å². The molecule has 0 spiro atoms. The van der Waals surface area contributed by atoms with Crippen LogP contribution in [0.1, 0.15) is 87.5 Å². The maximum Gasteiger partial charge on any atom is 0.303 e. The Hall–Kier alpha value is -4.20. The van der Waals surface area contributed by atoms with Gasteiger partial charge in [0, 0.05) is 45.4 Å². The number of aromatic nitrogens is 2. The van der Waals surface area contributed by atoms with Crippen LogP contribution in [0.3, 0.4) is 0 Å². The molecule has 4 N–H and O–H groups in total. The number of allylic oxidation sites excluding steroid dienone is 2. The Morgan fingerprint density at radius 1 is 0.800 bits per heavy atom. The number of nitrogens with zero attached hydrogens (tertiary/aromatic N) is 1. The van der Waals surface area contributed by atoms with Crippen LogP contribution in [0.4, 0.5) is 0 Å². The Labute approximate surface area is 234 Å². The largest absolute Gasteiger partial charge is 0.481 e. The number of carbonyl (C=O) groups excluding carboxylic acids is 2. The molecule has 4 rings (SSSR count). The minimum atomic E-state index is -0.859. The Bertz CT molecular complexity index is 1670. The number of H-pyrrole nitrogens is 2. The fourth-order valence-corrected chi connectivity index (χ4v) is 5.68. The van der Waals surface area contributed by atoms with E-state index in [1.165, 1.54) is 0 Å². The van der Waals surface area contributed by atoms with Gasteiger partial charge in [-0.05, 0) is 105 Å². The first-order valence-electron chi connectivity index (χ1n) is 13.9. The van der Waals surface area contributed by atoms with Crippen molar-refractivity contribution in [2.75, 3.05) is 0 Å². The fourth-order valence-electron chi connectivity index (χ4n) is 5.68. The highest BCUT2D eigenvalue weighted by atomic mass is 16.4. The summed E-state index contributed by atoms with van der Waals surface area (Å²) < 4.78 is 0. The van der Waals surface area contributed by atoms with Crippen molar-refractivity contribution < 1.29 is 19.5 Å². The number of hydrogen-bond donors (Lipinski definition) is 4. The number of carbonyl (C=O) groups is 3. The van der Waals surface area contributed by atoms with Crippen molar-refractivity contribution in [1.29, 1.82) is 0 Å². The number of amides is 2. The summed E-state index contributed by atoms with van der Waals surface area (Å²) in [6.45, 7) is 13.8.